The lowest BCUT2D eigenvalue weighted by atomic mass is 10.1. The Hall–Kier alpha value is -3.90. The van der Waals surface area contributed by atoms with Crippen molar-refractivity contribution in [1.82, 2.24) is 29.4 Å². The van der Waals surface area contributed by atoms with Gasteiger partial charge in [-0.3, -0.25) is 19.5 Å². The standard InChI is InChI=1S/C15H8F3N7O3/c1-7-6-8(25(27)28)2-3-9(7)23-5-4-10-11(12(23)26)20-21-14-19-13(15(16,17)18)22-24(10)14/h2-6H,1H3. The van der Waals surface area contributed by atoms with Gasteiger partial charge in [0.2, 0.25) is 0 Å². The molecule has 0 fully saturated rings. The largest absolute Gasteiger partial charge is 0.453 e. The van der Waals surface area contributed by atoms with Crippen LogP contribution in [-0.2, 0) is 6.18 Å². The second kappa shape index (κ2) is 5.80. The second-order valence-corrected chi connectivity index (χ2v) is 5.80. The zero-order valence-electron chi connectivity index (χ0n) is 13.9. The molecule has 13 heteroatoms. The number of alkyl halides is 3. The Balaban J connectivity index is 1.94. The molecule has 142 valence electrons. The summed E-state index contributed by atoms with van der Waals surface area (Å²) >= 11 is 0. The van der Waals surface area contributed by atoms with Gasteiger partial charge < -0.3 is 0 Å². The number of non-ortho nitro benzene ring substituents is 1. The van der Waals surface area contributed by atoms with E-state index in [0.717, 1.165) is 4.52 Å². The molecule has 3 aromatic heterocycles. The average molecular weight is 391 g/mol. The lowest BCUT2D eigenvalue weighted by Crippen LogP contribution is -2.21. The smallest absolute Gasteiger partial charge is 0.282 e. The molecule has 0 atom stereocenters. The van der Waals surface area contributed by atoms with Crippen LogP contribution in [0.3, 0.4) is 0 Å². The van der Waals surface area contributed by atoms with Gasteiger partial charge in [0.05, 0.1) is 10.6 Å². The van der Waals surface area contributed by atoms with Crippen molar-refractivity contribution in [2.75, 3.05) is 0 Å². The Morgan fingerprint density at radius 2 is 1.93 bits per heavy atom. The quantitative estimate of drug-likeness (QED) is 0.379. The molecular formula is C15H8F3N7O3. The summed E-state index contributed by atoms with van der Waals surface area (Å²) in [5, 5.41) is 21.4. The lowest BCUT2D eigenvalue weighted by Gasteiger charge is -2.09. The molecule has 4 aromatic rings. The lowest BCUT2D eigenvalue weighted by molar-refractivity contribution is -0.384. The highest BCUT2D eigenvalue weighted by molar-refractivity contribution is 5.75. The van der Waals surface area contributed by atoms with Crippen LogP contribution in [0, 0.1) is 17.0 Å². The first-order chi connectivity index (χ1) is 13.2. The topological polar surface area (TPSA) is 121 Å². The van der Waals surface area contributed by atoms with Crippen LogP contribution in [0.2, 0.25) is 0 Å². The van der Waals surface area contributed by atoms with Crippen LogP contribution in [0.1, 0.15) is 11.4 Å². The number of rotatable bonds is 2. The summed E-state index contributed by atoms with van der Waals surface area (Å²) in [5.74, 6) is -1.80. The minimum Gasteiger partial charge on any atom is -0.282 e. The van der Waals surface area contributed by atoms with E-state index in [2.05, 4.69) is 20.3 Å². The number of hydrogen-bond acceptors (Lipinski definition) is 7. The van der Waals surface area contributed by atoms with Crippen LogP contribution < -0.4 is 5.56 Å². The van der Waals surface area contributed by atoms with Gasteiger partial charge in [-0.15, -0.1) is 15.3 Å². The predicted molar refractivity (Wildman–Crippen MR) is 88.1 cm³/mol. The number of hydrogen-bond donors (Lipinski definition) is 0. The van der Waals surface area contributed by atoms with E-state index >= 15 is 0 Å². The van der Waals surface area contributed by atoms with E-state index in [9.17, 15) is 28.1 Å². The maximum absolute atomic E-state index is 12.8. The third kappa shape index (κ3) is 2.64. The van der Waals surface area contributed by atoms with Crippen molar-refractivity contribution in [1.29, 1.82) is 0 Å². The maximum atomic E-state index is 12.8. The van der Waals surface area contributed by atoms with Crippen LogP contribution in [0.5, 0.6) is 0 Å². The van der Waals surface area contributed by atoms with E-state index in [-0.39, 0.29) is 16.7 Å². The molecule has 4 rings (SSSR count). The third-order valence-corrected chi connectivity index (χ3v) is 4.01. The van der Waals surface area contributed by atoms with Gasteiger partial charge in [0, 0.05) is 18.3 Å². The van der Waals surface area contributed by atoms with Crippen molar-refractivity contribution >= 4 is 22.5 Å². The van der Waals surface area contributed by atoms with Crippen molar-refractivity contribution in [3.05, 3.63) is 62.3 Å². The molecule has 0 aliphatic rings. The molecule has 1 aromatic carbocycles. The van der Waals surface area contributed by atoms with Crippen LogP contribution in [-0.4, -0.2) is 34.3 Å². The van der Waals surface area contributed by atoms with E-state index in [0.29, 0.717) is 11.3 Å². The van der Waals surface area contributed by atoms with Crippen molar-refractivity contribution in [2.24, 2.45) is 0 Å². The number of halogens is 3. The summed E-state index contributed by atoms with van der Waals surface area (Å²) in [6.07, 6.45) is -3.46. The van der Waals surface area contributed by atoms with Crippen LogP contribution in [0.25, 0.3) is 22.5 Å². The van der Waals surface area contributed by atoms with Crippen molar-refractivity contribution in [3.63, 3.8) is 0 Å². The number of nitrogens with zero attached hydrogens (tertiary/aromatic N) is 7. The number of nitro groups is 1. The first-order valence-electron chi connectivity index (χ1n) is 7.64. The van der Waals surface area contributed by atoms with Crippen molar-refractivity contribution in [3.8, 4) is 5.69 Å². The number of aromatic nitrogens is 6. The summed E-state index contributed by atoms with van der Waals surface area (Å²) in [6.45, 7) is 1.58. The normalized spacial score (nSPS) is 12.0. The number of pyridine rings is 1. The molecule has 0 N–H and O–H groups in total. The van der Waals surface area contributed by atoms with Gasteiger partial charge in [-0.1, -0.05) is 0 Å². The Labute approximate surface area is 152 Å². The van der Waals surface area contributed by atoms with Gasteiger partial charge in [-0.25, -0.2) is 0 Å². The molecule has 0 aliphatic heterocycles. The third-order valence-electron chi connectivity index (χ3n) is 4.01. The second-order valence-electron chi connectivity index (χ2n) is 5.80. The number of benzene rings is 1. The fraction of sp³-hybridized carbons (Fsp3) is 0.133. The molecule has 28 heavy (non-hydrogen) atoms. The summed E-state index contributed by atoms with van der Waals surface area (Å²) in [6, 6.07) is 5.27. The minimum absolute atomic E-state index is 0.00573. The van der Waals surface area contributed by atoms with Gasteiger partial charge in [-0.2, -0.15) is 22.7 Å². The van der Waals surface area contributed by atoms with E-state index in [1.54, 1.807) is 6.92 Å². The Morgan fingerprint density at radius 3 is 2.57 bits per heavy atom. The van der Waals surface area contributed by atoms with Gasteiger partial charge >= 0.3 is 6.18 Å². The first-order valence-corrected chi connectivity index (χ1v) is 7.64. The highest BCUT2D eigenvalue weighted by atomic mass is 19.4. The number of fused-ring (bicyclic) bond motifs is 3. The minimum atomic E-state index is -4.77. The van der Waals surface area contributed by atoms with E-state index in [4.69, 9.17) is 0 Å². The van der Waals surface area contributed by atoms with Crippen LogP contribution in [0.15, 0.2) is 35.3 Å². The Morgan fingerprint density at radius 1 is 1.18 bits per heavy atom. The molecule has 0 radical (unpaired) electrons. The van der Waals surface area contributed by atoms with Crippen molar-refractivity contribution in [2.45, 2.75) is 13.1 Å². The summed E-state index contributed by atoms with van der Waals surface area (Å²) in [5.41, 5.74) is -0.245. The predicted octanol–water partition coefficient (Wildman–Crippen LogP) is 2.06. The van der Waals surface area contributed by atoms with Crippen LogP contribution >= 0.6 is 0 Å². The fourth-order valence-electron chi connectivity index (χ4n) is 2.74. The van der Waals surface area contributed by atoms with E-state index < -0.39 is 28.3 Å². The molecule has 0 unspecified atom stereocenters. The molecule has 3 heterocycles. The number of aryl methyl sites for hydroxylation is 1. The molecule has 0 saturated carbocycles. The first kappa shape index (κ1) is 17.5. The SMILES string of the molecule is Cc1cc([N+](=O)[O-])ccc1-n1ccc2c(nnc3nc(C(F)(F)F)nn32)c1=O. The Bertz CT molecular complexity index is 1330. The van der Waals surface area contributed by atoms with Crippen molar-refractivity contribution < 1.29 is 18.1 Å². The molecule has 0 bridgehead atoms. The summed E-state index contributed by atoms with van der Waals surface area (Å²) in [4.78, 5) is 26.4. The van der Waals surface area contributed by atoms with Crippen LogP contribution in [0.4, 0.5) is 18.9 Å². The molecule has 10 nitrogen and oxygen atoms in total. The van der Waals surface area contributed by atoms with E-state index in [1.165, 1.54) is 35.0 Å². The summed E-state index contributed by atoms with van der Waals surface area (Å²) < 4.78 is 40.4. The monoisotopic (exact) mass is 391 g/mol. The maximum Gasteiger partial charge on any atom is 0.453 e. The highest BCUT2D eigenvalue weighted by Crippen LogP contribution is 2.26. The molecule has 0 amide bonds. The highest BCUT2D eigenvalue weighted by Gasteiger charge is 2.36. The summed E-state index contributed by atoms with van der Waals surface area (Å²) in [7, 11) is 0. The Kier molecular flexibility index (Phi) is 3.63. The molecule has 0 spiro atoms. The molecule has 0 saturated heterocycles. The van der Waals surface area contributed by atoms with Gasteiger partial charge in [-0.05, 0) is 24.6 Å². The molecule has 0 aliphatic carbocycles. The zero-order chi connectivity index (χ0) is 20.2. The van der Waals surface area contributed by atoms with E-state index in [1.807, 2.05) is 0 Å². The zero-order valence-corrected chi connectivity index (χ0v) is 13.9. The van der Waals surface area contributed by atoms with Gasteiger partial charge in [0.15, 0.2) is 5.52 Å². The molecular weight excluding hydrogens is 383 g/mol. The van der Waals surface area contributed by atoms with Gasteiger partial charge in [0.1, 0.15) is 5.52 Å². The fourth-order valence-corrected chi connectivity index (χ4v) is 2.74. The average Bonchev–Trinajstić information content (AvgIpc) is 3.07. The number of nitro benzene ring substituents is 1. The van der Waals surface area contributed by atoms with Gasteiger partial charge in [0.25, 0.3) is 22.8 Å².